The molecule has 3 aliphatic heterocycles. The summed E-state index contributed by atoms with van der Waals surface area (Å²) in [4.78, 5) is 32.1. The SMILES string of the molecule is CC(=O)N[C@@]12CN(CC(=O)Nc3ccc(N4CCOCC4)cc3)CC[C@@H]1[C@@H](c1ccccc1)N(C)C2. The number of ether oxygens (including phenoxy) is 1. The standard InChI is InChI=1S/C28H37N5O3/c1-21(34)30-28-19-31(2)27(22-6-4-3-5-7-22)25(28)12-13-32(20-28)18-26(35)29-23-8-10-24(11-9-23)33-14-16-36-17-15-33/h3-11,25,27H,12-20H2,1-2H3,(H,29,35)(H,30,34)/t25-,27-,28+/m1/s1. The molecule has 0 saturated carbocycles. The molecule has 3 saturated heterocycles. The quantitative estimate of drug-likeness (QED) is 0.646. The third-order valence-corrected chi connectivity index (χ3v) is 7.82. The molecule has 3 fully saturated rings. The topological polar surface area (TPSA) is 77.2 Å². The molecule has 2 amide bonds. The average Bonchev–Trinajstić information content (AvgIpc) is 3.15. The lowest BCUT2D eigenvalue weighted by atomic mass is 9.75. The van der Waals surface area contributed by atoms with Crippen molar-refractivity contribution in [1.29, 1.82) is 0 Å². The Labute approximate surface area is 213 Å². The summed E-state index contributed by atoms with van der Waals surface area (Å²) in [7, 11) is 2.14. The van der Waals surface area contributed by atoms with E-state index < -0.39 is 0 Å². The van der Waals surface area contributed by atoms with Gasteiger partial charge in [-0.3, -0.25) is 19.4 Å². The maximum atomic E-state index is 13.0. The first-order valence-corrected chi connectivity index (χ1v) is 12.9. The Balaban J connectivity index is 1.23. The highest BCUT2D eigenvalue weighted by atomic mass is 16.5. The molecule has 2 N–H and O–H groups in total. The number of nitrogens with zero attached hydrogens (tertiary/aromatic N) is 3. The molecule has 8 nitrogen and oxygen atoms in total. The molecule has 2 aromatic rings. The second-order valence-corrected chi connectivity index (χ2v) is 10.4. The fraction of sp³-hybridized carbons (Fsp3) is 0.500. The van der Waals surface area contributed by atoms with Crippen molar-refractivity contribution >= 4 is 23.2 Å². The third-order valence-electron chi connectivity index (χ3n) is 7.82. The number of anilines is 2. The van der Waals surface area contributed by atoms with Gasteiger partial charge in [-0.2, -0.15) is 0 Å². The Kier molecular flexibility index (Phi) is 7.27. The second-order valence-electron chi connectivity index (χ2n) is 10.4. The van der Waals surface area contributed by atoms with Gasteiger partial charge in [0.05, 0.1) is 25.3 Å². The fourth-order valence-electron chi connectivity index (χ4n) is 6.45. The number of hydrogen-bond donors (Lipinski definition) is 2. The van der Waals surface area contributed by atoms with Gasteiger partial charge in [0.15, 0.2) is 0 Å². The van der Waals surface area contributed by atoms with Crippen molar-refractivity contribution in [3.05, 3.63) is 60.2 Å². The van der Waals surface area contributed by atoms with Crippen LogP contribution < -0.4 is 15.5 Å². The van der Waals surface area contributed by atoms with Crippen LogP contribution in [0, 0.1) is 5.92 Å². The van der Waals surface area contributed by atoms with Crippen LogP contribution in [-0.4, -0.2) is 86.7 Å². The normalized spacial score (nSPS) is 26.9. The Morgan fingerprint density at radius 1 is 1.00 bits per heavy atom. The minimum absolute atomic E-state index is 0.0197. The lowest BCUT2D eigenvalue weighted by Gasteiger charge is -2.45. The van der Waals surface area contributed by atoms with Crippen molar-refractivity contribution in [1.82, 2.24) is 15.1 Å². The van der Waals surface area contributed by atoms with E-state index in [9.17, 15) is 9.59 Å². The molecular weight excluding hydrogens is 454 g/mol. The van der Waals surface area contributed by atoms with Crippen LogP contribution in [0.15, 0.2) is 54.6 Å². The van der Waals surface area contributed by atoms with E-state index in [0.717, 1.165) is 57.2 Å². The van der Waals surface area contributed by atoms with E-state index in [1.54, 1.807) is 6.92 Å². The highest BCUT2D eigenvalue weighted by molar-refractivity contribution is 5.92. The van der Waals surface area contributed by atoms with E-state index in [0.29, 0.717) is 19.0 Å². The minimum Gasteiger partial charge on any atom is -0.378 e. The Morgan fingerprint density at radius 2 is 1.72 bits per heavy atom. The average molecular weight is 492 g/mol. The monoisotopic (exact) mass is 491 g/mol. The summed E-state index contributed by atoms with van der Waals surface area (Å²) >= 11 is 0. The number of carbonyl (C=O) groups excluding carboxylic acids is 2. The van der Waals surface area contributed by atoms with E-state index in [2.05, 4.69) is 68.8 Å². The summed E-state index contributed by atoms with van der Waals surface area (Å²) in [6.45, 7) is 7.41. The van der Waals surface area contributed by atoms with Crippen LogP contribution in [0.4, 0.5) is 11.4 Å². The molecule has 0 aromatic heterocycles. The summed E-state index contributed by atoms with van der Waals surface area (Å²) in [6.07, 6.45) is 0.922. The summed E-state index contributed by atoms with van der Waals surface area (Å²) in [6, 6.07) is 18.8. The number of carbonyl (C=O) groups is 2. The zero-order valence-corrected chi connectivity index (χ0v) is 21.3. The summed E-state index contributed by atoms with van der Waals surface area (Å²) < 4.78 is 5.43. The Hall–Kier alpha value is -2.94. The van der Waals surface area contributed by atoms with Gasteiger partial charge in [-0.25, -0.2) is 0 Å². The van der Waals surface area contributed by atoms with E-state index in [-0.39, 0.29) is 23.4 Å². The third kappa shape index (κ3) is 5.26. The number of fused-ring (bicyclic) bond motifs is 1. The van der Waals surface area contributed by atoms with Gasteiger partial charge >= 0.3 is 0 Å². The van der Waals surface area contributed by atoms with Crippen molar-refractivity contribution in [3.63, 3.8) is 0 Å². The number of piperidine rings is 1. The van der Waals surface area contributed by atoms with Crippen molar-refractivity contribution < 1.29 is 14.3 Å². The molecule has 3 aliphatic rings. The summed E-state index contributed by atoms with van der Waals surface area (Å²) in [5, 5.41) is 6.36. The van der Waals surface area contributed by atoms with Crippen molar-refractivity contribution in [2.75, 3.05) is 69.7 Å². The molecule has 0 radical (unpaired) electrons. The van der Waals surface area contributed by atoms with Gasteiger partial charge in [0.1, 0.15) is 0 Å². The number of morpholine rings is 1. The van der Waals surface area contributed by atoms with Crippen LogP contribution in [0.25, 0.3) is 0 Å². The van der Waals surface area contributed by atoms with Crippen molar-refractivity contribution in [2.45, 2.75) is 24.9 Å². The number of hydrogen-bond acceptors (Lipinski definition) is 6. The minimum atomic E-state index is -0.376. The second kappa shape index (κ2) is 10.6. The van der Waals surface area contributed by atoms with Crippen LogP contribution in [0.3, 0.4) is 0 Å². The largest absolute Gasteiger partial charge is 0.378 e. The predicted molar refractivity (Wildman–Crippen MR) is 141 cm³/mol. The lowest BCUT2D eigenvalue weighted by molar-refractivity contribution is -0.122. The number of likely N-dealkylation sites (N-methyl/N-ethyl adjacent to an activating group) is 1. The first kappa shape index (κ1) is 24.7. The molecule has 0 aliphatic carbocycles. The van der Waals surface area contributed by atoms with Crippen LogP contribution in [0.1, 0.15) is 24.9 Å². The van der Waals surface area contributed by atoms with Gasteiger partial charge < -0.3 is 20.3 Å². The number of rotatable bonds is 6. The Morgan fingerprint density at radius 3 is 2.42 bits per heavy atom. The van der Waals surface area contributed by atoms with Gasteiger partial charge in [-0.1, -0.05) is 30.3 Å². The molecule has 3 heterocycles. The highest BCUT2D eigenvalue weighted by Gasteiger charge is 2.54. The van der Waals surface area contributed by atoms with E-state index >= 15 is 0 Å². The van der Waals surface area contributed by atoms with E-state index in [4.69, 9.17) is 4.74 Å². The number of amides is 2. The van der Waals surface area contributed by atoms with Crippen LogP contribution in [0.2, 0.25) is 0 Å². The molecule has 0 unspecified atom stereocenters. The molecule has 5 rings (SSSR count). The maximum Gasteiger partial charge on any atom is 0.238 e. The van der Waals surface area contributed by atoms with Gasteiger partial charge in [-0.05, 0) is 49.8 Å². The first-order valence-electron chi connectivity index (χ1n) is 12.9. The molecule has 0 spiro atoms. The molecular formula is C28H37N5O3. The number of benzene rings is 2. The highest BCUT2D eigenvalue weighted by Crippen LogP contribution is 2.46. The molecule has 3 atom stereocenters. The van der Waals surface area contributed by atoms with Crippen LogP contribution >= 0.6 is 0 Å². The molecule has 192 valence electrons. The smallest absolute Gasteiger partial charge is 0.238 e. The van der Waals surface area contributed by atoms with Gasteiger partial charge in [0, 0.05) is 56.4 Å². The van der Waals surface area contributed by atoms with E-state index in [1.807, 2.05) is 18.2 Å². The zero-order chi connectivity index (χ0) is 25.1. The van der Waals surface area contributed by atoms with Gasteiger partial charge in [0.25, 0.3) is 0 Å². The van der Waals surface area contributed by atoms with Gasteiger partial charge in [-0.15, -0.1) is 0 Å². The number of likely N-dealkylation sites (tertiary alicyclic amines) is 2. The fourth-order valence-corrected chi connectivity index (χ4v) is 6.45. The van der Waals surface area contributed by atoms with Gasteiger partial charge in [0.2, 0.25) is 11.8 Å². The number of nitrogens with one attached hydrogen (secondary N) is 2. The summed E-state index contributed by atoms with van der Waals surface area (Å²) in [5.41, 5.74) is 2.85. The van der Waals surface area contributed by atoms with Crippen LogP contribution in [0.5, 0.6) is 0 Å². The maximum absolute atomic E-state index is 13.0. The van der Waals surface area contributed by atoms with E-state index in [1.165, 1.54) is 5.56 Å². The van der Waals surface area contributed by atoms with Crippen molar-refractivity contribution in [3.8, 4) is 0 Å². The molecule has 0 bridgehead atoms. The molecule has 36 heavy (non-hydrogen) atoms. The summed E-state index contributed by atoms with van der Waals surface area (Å²) in [5.74, 6) is 0.242. The first-order chi connectivity index (χ1) is 17.4. The Bertz CT molecular complexity index is 1060. The lowest BCUT2D eigenvalue weighted by Crippen LogP contribution is -2.64. The van der Waals surface area contributed by atoms with Crippen molar-refractivity contribution in [2.24, 2.45) is 5.92 Å². The van der Waals surface area contributed by atoms with Crippen LogP contribution in [-0.2, 0) is 14.3 Å². The zero-order valence-electron chi connectivity index (χ0n) is 21.3. The molecule has 2 aromatic carbocycles. The predicted octanol–water partition coefficient (Wildman–Crippen LogP) is 2.35. The molecule has 8 heteroatoms.